The quantitative estimate of drug-likeness (QED) is 0.810. The van der Waals surface area contributed by atoms with Gasteiger partial charge in [-0.1, -0.05) is 11.6 Å². The van der Waals surface area contributed by atoms with Crippen LogP contribution < -0.4 is 20.1 Å². The van der Waals surface area contributed by atoms with Crippen LogP contribution in [0.25, 0.3) is 0 Å². The maximum Gasteiger partial charge on any atom is 0.257 e. The lowest BCUT2D eigenvalue weighted by atomic mass is 10.1. The third kappa shape index (κ3) is 4.05. The van der Waals surface area contributed by atoms with Gasteiger partial charge in [0.1, 0.15) is 11.5 Å². The minimum atomic E-state index is -0.429. The molecule has 1 heterocycles. The Balaban J connectivity index is 1.80. The Morgan fingerprint density at radius 3 is 2.31 bits per heavy atom. The molecule has 1 aromatic carbocycles. The molecule has 1 fully saturated rings. The molecule has 1 aliphatic rings. The number of ether oxygens (including phenoxy) is 2. The standard InChI is InChI=1S/C18H18ClN3O4/c1-25-15-7-14(16(26-2)6-13(15)19)22-18(24)11-5-10(8-20-9-11)17(23)21-12-3-4-12/h5-9,12H,3-4H2,1-2H3,(H,21,23)(H,22,24). The molecule has 0 bridgehead atoms. The van der Waals surface area contributed by atoms with E-state index in [1.165, 1.54) is 32.7 Å². The number of pyridine rings is 1. The van der Waals surface area contributed by atoms with Gasteiger partial charge in [0.2, 0.25) is 0 Å². The fourth-order valence-corrected chi connectivity index (χ4v) is 2.57. The molecule has 26 heavy (non-hydrogen) atoms. The van der Waals surface area contributed by atoms with Crippen molar-refractivity contribution in [2.45, 2.75) is 18.9 Å². The van der Waals surface area contributed by atoms with Crippen LogP contribution in [0.15, 0.2) is 30.6 Å². The summed E-state index contributed by atoms with van der Waals surface area (Å²) in [6, 6.07) is 4.84. The van der Waals surface area contributed by atoms with Crippen molar-refractivity contribution in [3.05, 3.63) is 46.7 Å². The van der Waals surface area contributed by atoms with Crippen molar-refractivity contribution in [2.75, 3.05) is 19.5 Å². The van der Waals surface area contributed by atoms with Crippen molar-refractivity contribution >= 4 is 29.1 Å². The van der Waals surface area contributed by atoms with Crippen LogP contribution in [0.1, 0.15) is 33.6 Å². The topological polar surface area (TPSA) is 89.5 Å². The predicted octanol–water partition coefficient (Wildman–Crippen LogP) is 2.90. The smallest absolute Gasteiger partial charge is 0.257 e. The van der Waals surface area contributed by atoms with Gasteiger partial charge in [-0.3, -0.25) is 14.6 Å². The number of nitrogens with one attached hydrogen (secondary N) is 2. The van der Waals surface area contributed by atoms with Crippen molar-refractivity contribution in [2.24, 2.45) is 0 Å². The van der Waals surface area contributed by atoms with E-state index >= 15 is 0 Å². The predicted molar refractivity (Wildman–Crippen MR) is 97.2 cm³/mol. The van der Waals surface area contributed by atoms with E-state index in [9.17, 15) is 9.59 Å². The number of rotatable bonds is 6. The molecule has 7 nitrogen and oxygen atoms in total. The molecule has 0 unspecified atom stereocenters. The van der Waals surface area contributed by atoms with Gasteiger partial charge < -0.3 is 20.1 Å². The lowest BCUT2D eigenvalue weighted by molar-refractivity contribution is 0.0950. The third-order valence-corrected chi connectivity index (χ3v) is 4.19. The van der Waals surface area contributed by atoms with Crippen molar-refractivity contribution in [3.63, 3.8) is 0 Å². The number of methoxy groups -OCH3 is 2. The molecular weight excluding hydrogens is 358 g/mol. The van der Waals surface area contributed by atoms with E-state index in [1.54, 1.807) is 12.1 Å². The van der Waals surface area contributed by atoms with Gasteiger partial charge in [0.25, 0.3) is 11.8 Å². The number of anilines is 1. The first-order valence-corrected chi connectivity index (χ1v) is 8.38. The highest BCUT2D eigenvalue weighted by Crippen LogP contribution is 2.36. The summed E-state index contributed by atoms with van der Waals surface area (Å²) in [5.74, 6) is 0.125. The summed E-state index contributed by atoms with van der Waals surface area (Å²) >= 11 is 6.06. The normalized spacial score (nSPS) is 13.0. The van der Waals surface area contributed by atoms with Crippen LogP contribution in [-0.2, 0) is 0 Å². The molecular formula is C18H18ClN3O4. The highest BCUT2D eigenvalue weighted by Gasteiger charge is 2.24. The molecule has 0 saturated heterocycles. The summed E-state index contributed by atoms with van der Waals surface area (Å²) < 4.78 is 10.4. The van der Waals surface area contributed by atoms with E-state index in [0.29, 0.717) is 27.8 Å². The number of halogens is 1. The van der Waals surface area contributed by atoms with Crippen LogP contribution in [0.5, 0.6) is 11.5 Å². The zero-order chi connectivity index (χ0) is 18.7. The van der Waals surface area contributed by atoms with Gasteiger partial charge in [-0.2, -0.15) is 0 Å². The van der Waals surface area contributed by atoms with E-state index in [4.69, 9.17) is 21.1 Å². The average Bonchev–Trinajstić information content (AvgIpc) is 3.46. The Labute approximate surface area is 155 Å². The van der Waals surface area contributed by atoms with Gasteiger partial charge in [0.05, 0.1) is 36.1 Å². The number of benzene rings is 1. The van der Waals surface area contributed by atoms with Crippen LogP contribution in [-0.4, -0.2) is 37.1 Å². The first-order valence-electron chi connectivity index (χ1n) is 8.00. The lowest BCUT2D eigenvalue weighted by Gasteiger charge is -2.13. The maximum atomic E-state index is 12.6. The highest BCUT2D eigenvalue weighted by atomic mass is 35.5. The van der Waals surface area contributed by atoms with Gasteiger partial charge in [0.15, 0.2) is 0 Å². The third-order valence-electron chi connectivity index (χ3n) is 3.90. The second-order valence-electron chi connectivity index (χ2n) is 5.85. The second kappa shape index (κ2) is 7.61. The van der Waals surface area contributed by atoms with Crippen LogP contribution in [0, 0.1) is 0 Å². The fourth-order valence-electron chi connectivity index (χ4n) is 2.34. The number of amides is 2. The van der Waals surface area contributed by atoms with Crippen LogP contribution >= 0.6 is 11.6 Å². The van der Waals surface area contributed by atoms with Gasteiger partial charge in [-0.05, 0) is 18.9 Å². The average molecular weight is 376 g/mol. The van der Waals surface area contributed by atoms with E-state index in [2.05, 4.69) is 15.6 Å². The van der Waals surface area contributed by atoms with Gasteiger partial charge in [0, 0.05) is 30.6 Å². The summed E-state index contributed by atoms with van der Waals surface area (Å²) in [6.07, 6.45) is 4.79. The van der Waals surface area contributed by atoms with E-state index in [0.717, 1.165) is 12.8 Å². The molecule has 2 aromatic rings. The number of hydrogen-bond donors (Lipinski definition) is 2. The number of carbonyl (C=O) groups excluding carboxylic acids is 2. The Bertz CT molecular complexity index is 852. The molecule has 0 spiro atoms. The molecule has 2 amide bonds. The van der Waals surface area contributed by atoms with Gasteiger partial charge >= 0.3 is 0 Å². The lowest BCUT2D eigenvalue weighted by Crippen LogP contribution is -2.26. The molecule has 1 saturated carbocycles. The first-order chi connectivity index (χ1) is 12.5. The molecule has 136 valence electrons. The van der Waals surface area contributed by atoms with Crippen molar-refractivity contribution in [3.8, 4) is 11.5 Å². The van der Waals surface area contributed by atoms with E-state index < -0.39 is 5.91 Å². The van der Waals surface area contributed by atoms with Crippen molar-refractivity contribution < 1.29 is 19.1 Å². The van der Waals surface area contributed by atoms with E-state index in [-0.39, 0.29) is 17.5 Å². The van der Waals surface area contributed by atoms with Crippen LogP contribution in [0.4, 0.5) is 5.69 Å². The summed E-state index contributed by atoms with van der Waals surface area (Å²) in [6.45, 7) is 0. The molecule has 0 aliphatic heterocycles. The molecule has 1 aromatic heterocycles. The number of hydrogen-bond acceptors (Lipinski definition) is 5. The molecule has 1 aliphatic carbocycles. The minimum Gasteiger partial charge on any atom is -0.495 e. The Kier molecular flexibility index (Phi) is 5.27. The maximum absolute atomic E-state index is 12.6. The zero-order valence-electron chi connectivity index (χ0n) is 14.3. The molecule has 0 atom stereocenters. The number of aromatic nitrogens is 1. The second-order valence-corrected chi connectivity index (χ2v) is 6.26. The molecule has 3 rings (SSSR count). The van der Waals surface area contributed by atoms with Crippen molar-refractivity contribution in [1.82, 2.24) is 10.3 Å². The van der Waals surface area contributed by atoms with Crippen molar-refractivity contribution in [1.29, 1.82) is 0 Å². The number of nitrogens with zero attached hydrogens (tertiary/aromatic N) is 1. The first kappa shape index (κ1) is 18.0. The SMILES string of the molecule is COc1cc(NC(=O)c2cncc(C(=O)NC3CC3)c2)c(OC)cc1Cl. The Morgan fingerprint density at radius 2 is 1.69 bits per heavy atom. The summed E-state index contributed by atoms with van der Waals surface area (Å²) in [5.41, 5.74) is 0.987. The summed E-state index contributed by atoms with van der Waals surface area (Å²) in [5, 5.41) is 5.95. The molecule has 0 radical (unpaired) electrons. The zero-order valence-corrected chi connectivity index (χ0v) is 15.1. The van der Waals surface area contributed by atoms with Crippen LogP contribution in [0.2, 0.25) is 5.02 Å². The van der Waals surface area contributed by atoms with Crippen LogP contribution in [0.3, 0.4) is 0 Å². The Hall–Kier alpha value is -2.80. The summed E-state index contributed by atoms with van der Waals surface area (Å²) in [4.78, 5) is 28.7. The van der Waals surface area contributed by atoms with Gasteiger partial charge in [-0.15, -0.1) is 0 Å². The number of carbonyl (C=O) groups is 2. The van der Waals surface area contributed by atoms with E-state index in [1.807, 2.05) is 0 Å². The largest absolute Gasteiger partial charge is 0.495 e. The Morgan fingerprint density at radius 1 is 1.04 bits per heavy atom. The monoisotopic (exact) mass is 375 g/mol. The fraction of sp³-hybridized carbons (Fsp3) is 0.278. The highest BCUT2D eigenvalue weighted by molar-refractivity contribution is 6.32. The molecule has 8 heteroatoms. The van der Waals surface area contributed by atoms with Gasteiger partial charge in [-0.25, -0.2) is 0 Å². The summed E-state index contributed by atoms with van der Waals surface area (Å²) in [7, 11) is 2.95. The minimum absolute atomic E-state index is 0.228. The molecule has 2 N–H and O–H groups in total.